The van der Waals surface area contributed by atoms with Gasteiger partial charge in [-0.3, -0.25) is 0 Å². The molecule has 0 amide bonds. The second kappa shape index (κ2) is 8.20. The van der Waals surface area contributed by atoms with Gasteiger partial charge in [-0.25, -0.2) is 14.6 Å². The van der Waals surface area contributed by atoms with E-state index in [9.17, 15) is 0 Å². The first-order valence-corrected chi connectivity index (χ1v) is 8.45. The van der Waals surface area contributed by atoms with Crippen LogP contribution in [-0.4, -0.2) is 71.6 Å². The standard InChI is InChI=1S/C15H25N7O2/c1-22-9-3-5-11(22)6-8-17-13-12(16-7-4-10-23-2)18-14-15(19-13)21-24-20-14/h11H,3-10H2,1-2H3,(H,16,18,20)(H,17,19,21)/t11-/m0/s1. The fourth-order valence-electron chi connectivity index (χ4n) is 3.01. The maximum atomic E-state index is 5.07. The average Bonchev–Trinajstić information content (AvgIpc) is 3.20. The predicted molar refractivity (Wildman–Crippen MR) is 91.1 cm³/mol. The molecule has 9 heteroatoms. The summed E-state index contributed by atoms with van der Waals surface area (Å²) in [6, 6.07) is 0.640. The Kier molecular flexibility index (Phi) is 5.76. The molecule has 3 heterocycles. The molecule has 0 saturated carbocycles. The summed E-state index contributed by atoms with van der Waals surface area (Å²) in [5.74, 6) is 1.37. The molecule has 2 N–H and O–H groups in total. The van der Waals surface area contributed by atoms with Crippen molar-refractivity contribution in [3.63, 3.8) is 0 Å². The molecule has 2 aromatic rings. The Balaban J connectivity index is 1.62. The van der Waals surface area contributed by atoms with Crippen LogP contribution < -0.4 is 10.6 Å². The van der Waals surface area contributed by atoms with E-state index in [2.05, 4.69) is 42.9 Å². The molecule has 0 bridgehead atoms. The van der Waals surface area contributed by atoms with Gasteiger partial charge in [-0.2, -0.15) is 0 Å². The molecule has 132 valence electrons. The number of rotatable bonds is 9. The predicted octanol–water partition coefficient (Wildman–Crippen LogP) is 1.36. The first-order valence-electron chi connectivity index (χ1n) is 8.45. The van der Waals surface area contributed by atoms with E-state index in [0.717, 1.165) is 25.9 Å². The molecule has 0 aliphatic carbocycles. The lowest BCUT2D eigenvalue weighted by Crippen LogP contribution is -2.27. The third-order valence-electron chi connectivity index (χ3n) is 4.37. The number of fused-ring (bicyclic) bond motifs is 1. The SMILES string of the molecule is COCCCNc1nc2nonc2nc1NCC[C@@H]1CCCN1C. The van der Waals surface area contributed by atoms with E-state index in [1.807, 2.05) is 0 Å². The number of nitrogens with zero attached hydrogens (tertiary/aromatic N) is 5. The topological polar surface area (TPSA) is 101 Å². The lowest BCUT2D eigenvalue weighted by Gasteiger charge is -2.19. The Bertz CT molecular complexity index is 648. The molecule has 0 spiro atoms. The highest BCUT2D eigenvalue weighted by Crippen LogP contribution is 2.21. The first-order chi connectivity index (χ1) is 11.8. The van der Waals surface area contributed by atoms with Gasteiger partial charge < -0.3 is 20.3 Å². The molecular weight excluding hydrogens is 310 g/mol. The van der Waals surface area contributed by atoms with Gasteiger partial charge in [-0.15, -0.1) is 0 Å². The Labute approximate surface area is 141 Å². The number of hydrogen-bond acceptors (Lipinski definition) is 9. The molecule has 1 atom stereocenters. The zero-order valence-electron chi connectivity index (χ0n) is 14.3. The summed E-state index contributed by atoms with van der Waals surface area (Å²) in [6.45, 7) is 3.48. The van der Waals surface area contributed by atoms with Crippen molar-refractivity contribution in [2.45, 2.75) is 31.7 Å². The molecule has 0 unspecified atom stereocenters. The van der Waals surface area contributed by atoms with Gasteiger partial charge in [0.25, 0.3) is 0 Å². The van der Waals surface area contributed by atoms with Crippen LogP contribution >= 0.6 is 0 Å². The fourth-order valence-corrected chi connectivity index (χ4v) is 3.01. The molecular formula is C15H25N7O2. The van der Waals surface area contributed by atoms with Crippen LogP contribution in [0.2, 0.25) is 0 Å². The van der Waals surface area contributed by atoms with E-state index < -0.39 is 0 Å². The Morgan fingerprint density at radius 2 is 1.88 bits per heavy atom. The summed E-state index contributed by atoms with van der Waals surface area (Å²) in [7, 11) is 3.88. The minimum Gasteiger partial charge on any atom is -0.385 e. The minimum atomic E-state index is 0.408. The minimum absolute atomic E-state index is 0.408. The molecule has 3 rings (SSSR count). The summed E-state index contributed by atoms with van der Waals surface area (Å²) in [4.78, 5) is 11.3. The van der Waals surface area contributed by atoms with Gasteiger partial charge in [0.05, 0.1) is 0 Å². The Morgan fingerprint density at radius 3 is 2.50 bits per heavy atom. The van der Waals surface area contributed by atoms with Crippen LogP contribution in [0.25, 0.3) is 11.3 Å². The van der Waals surface area contributed by atoms with Crippen molar-refractivity contribution in [1.82, 2.24) is 25.2 Å². The molecule has 1 aliphatic rings. The average molecular weight is 335 g/mol. The van der Waals surface area contributed by atoms with Crippen molar-refractivity contribution in [2.24, 2.45) is 0 Å². The normalized spacial score (nSPS) is 18.3. The van der Waals surface area contributed by atoms with Crippen molar-refractivity contribution in [3.8, 4) is 0 Å². The lowest BCUT2D eigenvalue weighted by atomic mass is 10.1. The van der Waals surface area contributed by atoms with E-state index in [-0.39, 0.29) is 0 Å². The van der Waals surface area contributed by atoms with E-state index in [1.165, 1.54) is 19.4 Å². The quantitative estimate of drug-likeness (QED) is 0.658. The molecule has 2 aromatic heterocycles. The van der Waals surface area contributed by atoms with Crippen LogP contribution in [0.5, 0.6) is 0 Å². The van der Waals surface area contributed by atoms with Crippen LogP contribution in [0, 0.1) is 0 Å². The molecule has 1 saturated heterocycles. The second-order valence-corrected chi connectivity index (χ2v) is 6.10. The van der Waals surface area contributed by atoms with Gasteiger partial charge in [0.15, 0.2) is 11.6 Å². The van der Waals surface area contributed by atoms with Gasteiger partial charge in [0, 0.05) is 32.8 Å². The summed E-state index contributed by atoms with van der Waals surface area (Å²) >= 11 is 0. The van der Waals surface area contributed by atoms with Crippen molar-refractivity contribution in [1.29, 1.82) is 0 Å². The van der Waals surface area contributed by atoms with Crippen molar-refractivity contribution < 1.29 is 9.37 Å². The van der Waals surface area contributed by atoms with Crippen molar-refractivity contribution >= 4 is 22.9 Å². The van der Waals surface area contributed by atoms with Crippen molar-refractivity contribution in [3.05, 3.63) is 0 Å². The number of methoxy groups -OCH3 is 1. The van der Waals surface area contributed by atoms with E-state index >= 15 is 0 Å². The highest BCUT2D eigenvalue weighted by Gasteiger charge is 2.20. The maximum Gasteiger partial charge on any atom is 0.245 e. The number of aromatic nitrogens is 4. The Morgan fingerprint density at radius 1 is 1.17 bits per heavy atom. The molecule has 1 fully saturated rings. The highest BCUT2D eigenvalue weighted by molar-refractivity contribution is 5.73. The van der Waals surface area contributed by atoms with E-state index in [0.29, 0.717) is 35.6 Å². The number of nitrogens with one attached hydrogen (secondary N) is 2. The third kappa shape index (κ3) is 4.09. The molecule has 0 radical (unpaired) electrons. The zero-order valence-corrected chi connectivity index (χ0v) is 14.3. The van der Waals surface area contributed by atoms with Crippen molar-refractivity contribution in [2.75, 3.05) is 51.0 Å². The van der Waals surface area contributed by atoms with Gasteiger partial charge in [0.1, 0.15) is 0 Å². The van der Waals surface area contributed by atoms with Crippen LogP contribution in [0.4, 0.5) is 11.6 Å². The van der Waals surface area contributed by atoms with Gasteiger partial charge in [-0.05, 0) is 49.6 Å². The summed E-state index contributed by atoms with van der Waals surface area (Å²) in [6.07, 6.45) is 4.51. The Hall–Kier alpha value is -2.00. The highest BCUT2D eigenvalue weighted by atomic mass is 16.6. The number of hydrogen-bond donors (Lipinski definition) is 2. The fraction of sp³-hybridized carbons (Fsp3) is 0.733. The monoisotopic (exact) mass is 335 g/mol. The van der Waals surface area contributed by atoms with E-state index in [1.54, 1.807) is 7.11 Å². The molecule has 1 aliphatic heterocycles. The second-order valence-electron chi connectivity index (χ2n) is 6.10. The van der Waals surface area contributed by atoms with Crippen LogP contribution in [0.1, 0.15) is 25.7 Å². The smallest absolute Gasteiger partial charge is 0.245 e. The van der Waals surface area contributed by atoms with E-state index in [4.69, 9.17) is 9.37 Å². The molecule has 24 heavy (non-hydrogen) atoms. The molecule has 0 aromatic carbocycles. The molecule has 9 nitrogen and oxygen atoms in total. The van der Waals surface area contributed by atoms with Gasteiger partial charge >= 0.3 is 0 Å². The number of ether oxygens (including phenoxy) is 1. The first kappa shape index (κ1) is 16.8. The number of anilines is 2. The summed E-state index contributed by atoms with van der Waals surface area (Å²) in [5.41, 5.74) is 0.822. The largest absolute Gasteiger partial charge is 0.385 e. The van der Waals surface area contributed by atoms with Crippen LogP contribution in [-0.2, 0) is 4.74 Å². The van der Waals surface area contributed by atoms with Crippen LogP contribution in [0.3, 0.4) is 0 Å². The lowest BCUT2D eigenvalue weighted by molar-refractivity contribution is 0.198. The zero-order chi connectivity index (χ0) is 16.8. The summed E-state index contributed by atoms with van der Waals surface area (Å²) < 4.78 is 9.78. The maximum absolute atomic E-state index is 5.07. The van der Waals surface area contributed by atoms with Gasteiger partial charge in [-0.1, -0.05) is 0 Å². The van der Waals surface area contributed by atoms with Crippen LogP contribution in [0.15, 0.2) is 4.63 Å². The number of likely N-dealkylation sites (tertiary alicyclic amines) is 1. The van der Waals surface area contributed by atoms with Gasteiger partial charge in [0.2, 0.25) is 11.3 Å². The summed E-state index contributed by atoms with van der Waals surface area (Å²) in [5, 5.41) is 14.2. The third-order valence-corrected chi connectivity index (χ3v) is 4.37.